The number of rotatable bonds is 6. The first kappa shape index (κ1) is 14.1. The molecule has 0 spiro atoms. The van der Waals surface area contributed by atoms with Gasteiger partial charge in [0.2, 0.25) is 5.91 Å². The first-order valence-corrected chi connectivity index (χ1v) is 7.01. The quantitative estimate of drug-likeness (QED) is 0.765. The largest absolute Gasteiger partial charge is 0.326 e. The van der Waals surface area contributed by atoms with Gasteiger partial charge in [0.1, 0.15) is 0 Å². The number of hydrogen-bond donors (Lipinski definition) is 2. The molecule has 0 aliphatic carbocycles. The van der Waals surface area contributed by atoms with Crippen molar-refractivity contribution in [3.63, 3.8) is 0 Å². The molecule has 0 unspecified atom stereocenters. The molecule has 0 saturated carbocycles. The lowest BCUT2D eigenvalue weighted by Crippen LogP contribution is -2.27. The number of carbonyl (C=O) groups is 1. The zero-order valence-corrected chi connectivity index (χ0v) is 11.4. The molecular weight excluding hydrogens is 232 g/mol. The number of carbonyl (C=O) groups excluding carboxylic acids is 1. The highest BCUT2D eigenvalue weighted by Gasteiger charge is 2.02. The van der Waals surface area contributed by atoms with Gasteiger partial charge < -0.3 is 10.6 Å². The second-order valence-corrected chi connectivity index (χ2v) is 5.02. The fourth-order valence-corrected chi connectivity index (χ4v) is 1.78. The van der Waals surface area contributed by atoms with Crippen molar-refractivity contribution in [1.29, 1.82) is 0 Å². The van der Waals surface area contributed by atoms with Crippen molar-refractivity contribution >= 4 is 23.4 Å². The van der Waals surface area contributed by atoms with Crippen LogP contribution in [0.15, 0.2) is 29.2 Å². The molecule has 1 rings (SSSR count). The molecule has 2 N–H and O–H groups in total. The fraction of sp³-hybridized carbons (Fsp3) is 0.462. The van der Waals surface area contributed by atoms with Gasteiger partial charge in [-0.25, -0.2) is 0 Å². The summed E-state index contributed by atoms with van der Waals surface area (Å²) >= 11 is 1.69. The van der Waals surface area contributed by atoms with Gasteiger partial charge in [-0.15, -0.1) is 11.8 Å². The topological polar surface area (TPSA) is 41.1 Å². The van der Waals surface area contributed by atoms with Gasteiger partial charge in [-0.05, 0) is 30.5 Å². The Hall–Kier alpha value is -1.00. The third kappa shape index (κ3) is 5.75. The number of anilines is 1. The standard InChI is InChI=1S/C13H20N2OS/c1-10(2)14-9-8-13(16)15-11-4-6-12(17-3)7-5-11/h4-7,10,14H,8-9H2,1-3H3,(H,15,16). The van der Waals surface area contributed by atoms with E-state index in [9.17, 15) is 4.79 Å². The van der Waals surface area contributed by atoms with Gasteiger partial charge in [0.15, 0.2) is 0 Å². The van der Waals surface area contributed by atoms with Crippen LogP contribution in [0, 0.1) is 0 Å². The molecule has 0 heterocycles. The first-order chi connectivity index (χ1) is 8.11. The number of benzene rings is 1. The lowest BCUT2D eigenvalue weighted by Gasteiger charge is -2.08. The van der Waals surface area contributed by atoms with E-state index in [0.29, 0.717) is 19.0 Å². The molecule has 94 valence electrons. The van der Waals surface area contributed by atoms with Crippen LogP contribution >= 0.6 is 11.8 Å². The van der Waals surface area contributed by atoms with E-state index in [1.54, 1.807) is 11.8 Å². The number of thioether (sulfide) groups is 1. The van der Waals surface area contributed by atoms with E-state index < -0.39 is 0 Å². The molecule has 4 heteroatoms. The third-order valence-electron chi connectivity index (χ3n) is 2.28. The molecule has 0 atom stereocenters. The van der Waals surface area contributed by atoms with Crippen molar-refractivity contribution in [3.05, 3.63) is 24.3 Å². The summed E-state index contributed by atoms with van der Waals surface area (Å²) in [4.78, 5) is 12.8. The van der Waals surface area contributed by atoms with Crippen LogP contribution in [-0.4, -0.2) is 24.7 Å². The minimum atomic E-state index is 0.0510. The van der Waals surface area contributed by atoms with Gasteiger partial charge in [0.05, 0.1) is 0 Å². The minimum absolute atomic E-state index is 0.0510. The van der Waals surface area contributed by atoms with Gasteiger partial charge in [-0.1, -0.05) is 13.8 Å². The van der Waals surface area contributed by atoms with Crippen molar-refractivity contribution in [3.8, 4) is 0 Å². The SMILES string of the molecule is CSc1ccc(NC(=O)CCNC(C)C)cc1. The molecule has 0 bridgehead atoms. The Balaban J connectivity index is 2.34. The molecule has 17 heavy (non-hydrogen) atoms. The maximum absolute atomic E-state index is 11.6. The van der Waals surface area contributed by atoms with E-state index in [2.05, 4.69) is 24.5 Å². The molecule has 0 radical (unpaired) electrons. The van der Waals surface area contributed by atoms with Gasteiger partial charge in [-0.3, -0.25) is 4.79 Å². The van der Waals surface area contributed by atoms with Gasteiger partial charge in [0.25, 0.3) is 0 Å². The predicted molar refractivity (Wildman–Crippen MR) is 74.6 cm³/mol. The number of nitrogens with one attached hydrogen (secondary N) is 2. The third-order valence-corrected chi connectivity index (χ3v) is 3.02. The summed E-state index contributed by atoms with van der Waals surface area (Å²) in [6, 6.07) is 8.29. The number of hydrogen-bond acceptors (Lipinski definition) is 3. The molecule has 1 aromatic rings. The van der Waals surface area contributed by atoms with E-state index in [-0.39, 0.29) is 5.91 Å². The Morgan fingerprint density at radius 3 is 2.47 bits per heavy atom. The van der Waals surface area contributed by atoms with Crippen LogP contribution in [0.3, 0.4) is 0 Å². The minimum Gasteiger partial charge on any atom is -0.326 e. The molecular formula is C13H20N2OS. The van der Waals surface area contributed by atoms with E-state index in [0.717, 1.165) is 5.69 Å². The Labute approximate surface area is 107 Å². The van der Waals surface area contributed by atoms with E-state index in [1.807, 2.05) is 30.5 Å². The predicted octanol–water partition coefficient (Wildman–Crippen LogP) is 2.74. The summed E-state index contributed by atoms with van der Waals surface area (Å²) in [6.07, 6.45) is 2.54. The summed E-state index contributed by atoms with van der Waals surface area (Å²) in [5.41, 5.74) is 0.859. The molecule has 0 fully saturated rings. The molecule has 0 aromatic heterocycles. The smallest absolute Gasteiger partial charge is 0.225 e. The zero-order chi connectivity index (χ0) is 12.7. The van der Waals surface area contributed by atoms with Gasteiger partial charge in [-0.2, -0.15) is 0 Å². The van der Waals surface area contributed by atoms with Crippen LogP contribution < -0.4 is 10.6 Å². The molecule has 0 saturated heterocycles. The Bertz CT molecular complexity index is 349. The second kappa shape index (κ2) is 7.35. The van der Waals surface area contributed by atoms with Crippen molar-refractivity contribution in [2.24, 2.45) is 0 Å². The molecule has 0 aliphatic rings. The highest BCUT2D eigenvalue weighted by Crippen LogP contribution is 2.17. The van der Waals surface area contributed by atoms with Gasteiger partial charge >= 0.3 is 0 Å². The fourth-order valence-electron chi connectivity index (χ4n) is 1.37. The number of amides is 1. The average molecular weight is 252 g/mol. The average Bonchev–Trinajstić information content (AvgIpc) is 2.29. The Kier molecular flexibility index (Phi) is 6.08. The lowest BCUT2D eigenvalue weighted by molar-refractivity contribution is -0.116. The van der Waals surface area contributed by atoms with Crippen LogP contribution in [0.1, 0.15) is 20.3 Å². The maximum Gasteiger partial charge on any atom is 0.225 e. The summed E-state index contributed by atoms with van der Waals surface area (Å²) in [7, 11) is 0. The highest BCUT2D eigenvalue weighted by atomic mass is 32.2. The molecule has 1 amide bonds. The van der Waals surface area contributed by atoms with Crippen LogP contribution in [-0.2, 0) is 4.79 Å². The lowest BCUT2D eigenvalue weighted by atomic mass is 10.3. The van der Waals surface area contributed by atoms with Gasteiger partial charge in [0, 0.05) is 29.6 Å². The first-order valence-electron chi connectivity index (χ1n) is 5.79. The monoisotopic (exact) mass is 252 g/mol. The van der Waals surface area contributed by atoms with Crippen LogP contribution in [0.2, 0.25) is 0 Å². The zero-order valence-electron chi connectivity index (χ0n) is 10.6. The summed E-state index contributed by atoms with van der Waals surface area (Å²) in [5.74, 6) is 0.0510. The van der Waals surface area contributed by atoms with Crippen LogP contribution in [0.4, 0.5) is 5.69 Å². The van der Waals surface area contributed by atoms with E-state index in [4.69, 9.17) is 0 Å². The molecule has 1 aromatic carbocycles. The van der Waals surface area contributed by atoms with E-state index in [1.165, 1.54) is 4.90 Å². The van der Waals surface area contributed by atoms with Crippen molar-refractivity contribution in [2.75, 3.05) is 18.1 Å². The van der Waals surface area contributed by atoms with Crippen LogP contribution in [0.5, 0.6) is 0 Å². The highest BCUT2D eigenvalue weighted by molar-refractivity contribution is 7.98. The Morgan fingerprint density at radius 1 is 1.29 bits per heavy atom. The Morgan fingerprint density at radius 2 is 1.94 bits per heavy atom. The van der Waals surface area contributed by atoms with Crippen molar-refractivity contribution in [2.45, 2.75) is 31.2 Å². The maximum atomic E-state index is 11.6. The normalized spacial score (nSPS) is 10.6. The summed E-state index contributed by atoms with van der Waals surface area (Å²) in [6.45, 7) is 4.85. The molecule has 0 aliphatic heterocycles. The van der Waals surface area contributed by atoms with Crippen molar-refractivity contribution in [1.82, 2.24) is 5.32 Å². The summed E-state index contributed by atoms with van der Waals surface area (Å²) in [5, 5.41) is 6.10. The van der Waals surface area contributed by atoms with Crippen LogP contribution in [0.25, 0.3) is 0 Å². The summed E-state index contributed by atoms with van der Waals surface area (Å²) < 4.78 is 0. The van der Waals surface area contributed by atoms with Crippen molar-refractivity contribution < 1.29 is 4.79 Å². The molecule has 3 nitrogen and oxygen atoms in total. The van der Waals surface area contributed by atoms with E-state index >= 15 is 0 Å². The second-order valence-electron chi connectivity index (χ2n) is 4.14.